The smallest absolute Gasteiger partial charge is 0.376 e. The molecule has 0 bridgehead atoms. The average Bonchev–Trinajstić information content (AvgIpc) is 2.61. The molecule has 0 aliphatic heterocycles. The lowest BCUT2D eigenvalue weighted by Gasteiger charge is -2.11. The van der Waals surface area contributed by atoms with Gasteiger partial charge in [0.1, 0.15) is 6.10 Å². The van der Waals surface area contributed by atoms with Crippen molar-refractivity contribution in [3.63, 3.8) is 0 Å². The summed E-state index contributed by atoms with van der Waals surface area (Å²) < 4.78 is 10.1. The Morgan fingerprint density at radius 1 is 1.67 bits per heavy atom. The molecule has 7 heteroatoms. The second-order valence-electron chi connectivity index (χ2n) is 2.92. The van der Waals surface area contributed by atoms with Crippen LogP contribution < -0.4 is 5.73 Å². The lowest BCUT2D eigenvalue weighted by molar-refractivity contribution is 0.00335. The Hall–Kier alpha value is -1.63. The lowest BCUT2D eigenvalue weighted by Crippen LogP contribution is -2.21. The van der Waals surface area contributed by atoms with Gasteiger partial charge in [0.25, 0.3) is 0 Å². The molecular weight excluding hydrogens is 200 g/mol. The number of nitrogen functional groups attached to an aromatic ring is 1. The fraction of sp³-hybridized carbons (Fsp3) is 0.625. The van der Waals surface area contributed by atoms with E-state index >= 15 is 0 Å². The van der Waals surface area contributed by atoms with Crippen LogP contribution in [0, 0.1) is 0 Å². The van der Waals surface area contributed by atoms with Gasteiger partial charge < -0.3 is 15.2 Å². The molecule has 3 N–H and O–H groups in total. The van der Waals surface area contributed by atoms with Gasteiger partial charge in [-0.05, 0) is 13.8 Å². The van der Waals surface area contributed by atoms with Crippen LogP contribution in [-0.4, -0.2) is 40.5 Å². The Labute approximate surface area is 87.0 Å². The summed E-state index contributed by atoms with van der Waals surface area (Å²) in [5, 5.41) is 5.88. The first-order chi connectivity index (χ1) is 7.13. The summed E-state index contributed by atoms with van der Waals surface area (Å²) in [5.74, 6) is -0.582. The molecule has 1 aromatic heterocycles. The Morgan fingerprint density at radius 2 is 2.40 bits per heavy atom. The van der Waals surface area contributed by atoms with Crippen LogP contribution in [0.15, 0.2) is 0 Å². The van der Waals surface area contributed by atoms with Crippen LogP contribution in [0.5, 0.6) is 0 Å². The minimum absolute atomic E-state index is 0.00384. The molecule has 0 aromatic carbocycles. The van der Waals surface area contributed by atoms with Crippen molar-refractivity contribution in [2.45, 2.75) is 20.0 Å². The molecule has 0 amide bonds. The SMILES string of the molecule is CCOCC(C)OC(=O)c1nc(N)n[nH]1. The van der Waals surface area contributed by atoms with Crippen LogP contribution in [0.3, 0.4) is 0 Å². The maximum atomic E-state index is 11.4. The van der Waals surface area contributed by atoms with Gasteiger partial charge in [-0.1, -0.05) is 0 Å². The van der Waals surface area contributed by atoms with E-state index in [2.05, 4.69) is 15.2 Å². The first-order valence-corrected chi connectivity index (χ1v) is 4.60. The molecule has 84 valence electrons. The fourth-order valence-electron chi connectivity index (χ4n) is 0.922. The van der Waals surface area contributed by atoms with Crippen molar-refractivity contribution in [2.24, 2.45) is 0 Å². The largest absolute Gasteiger partial charge is 0.454 e. The third-order valence-electron chi connectivity index (χ3n) is 1.56. The quantitative estimate of drug-likeness (QED) is 0.667. The summed E-state index contributed by atoms with van der Waals surface area (Å²) in [4.78, 5) is 15.0. The third-order valence-corrected chi connectivity index (χ3v) is 1.56. The maximum absolute atomic E-state index is 11.4. The van der Waals surface area contributed by atoms with E-state index in [1.54, 1.807) is 6.92 Å². The van der Waals surface area contributed by atoms with Gasteiger partial charge in [-0.15, -0.1) is 5.10 Å². The monoisotopic (exact) mass is 214 g/mol. The van der Waals surface area contributed by atoms with Crippen molar-refractivity contribution in [3.8, 4) is 0 Å². The van der Waals surface area contributed by atoms with Gasteiger partial charge >= 0.3 is 5.97 Å². The Bertz CT molecular complexity index is 325. The number of nitrogens with one attached hydrogen (secondary N) is 1. The number of H-pyrrole nitrogens is 1. The molecule has 0 radical (unpaired) electrons. The first kappa shape index (κ1) is 11.4. The number of rotatable bonds is 5. The predicted octanol–water partition coefficient (Wildman–Crippen LogP) is -0.0313. The minimum atomic E-state index is -0.591. The predicted molar refractivity (Wildman–Crippen MR) is 52.2 cm³/mol. The molecule has 1 aromatic rings. The molecule has 0 aliphatic carbocycles. The second-order valence-corrected chi connectivity index (χ2v) is 2.92. The number of ether oxygens (including phenoxy) is 2. The number of nitrogens with zero attached hydrogens (tertiary/aromatic N) is 2. The van der Waals surface area contributed by atoms with Crippen LogP contribution >= 0.6 is 0 Å². The van der Waals surface area contributed by atoms with Gasteiger partial charge in [-0.2, -0.15) is 4.98 Å². The van der Waals surface area contributed by atoms with E-state index in [0.717, 1.165) is 0 Å². The fourth-order valence-corrected chi connectivity index (χ4v) is 0.922. The van der Waals surface area contributed by atoms with Crippen molar-refractivity contribution in [3.05, 3.63) is 5.82 Å². The van der Waals surface area contributed by atoms with Crippen LogP contribution in [0.1, 0.15) is 24.5 Å². The summed E-state index contributed by atoms with van der Waals surface area (Å²) >= 11 is 0. The molecule has 0 aliphatic rings. The van der Waals surface area contributed by atoms with Crippen molar-refractivity contribution in [2.75, 3.05) is 18.9 Å². The van der Waals surface area contributed by atoms with Gasteiger partial charge in [-0.25, -0.2) is 4.79 Å². The van der Waals surface area contributed by atoms with E-state index in [1.165, 1.54) is 0 Å². The van der Waals surface area contributed by atoms with Crippen LogP contribution in [0.4, 0.5) is 5.95 Å². The minimum Gasteiger partial charge on any atom is -0.454 e. The van der Waals surface area contributed by atoms with Crippen molar-refractivity contribution < 1.29 is 14.3 Å². The highest BCUT2D eigenvalue weighted by Gasteiger charge is 2.15. The van der Waals surface area contributed by atoms with E-state index in [4.69, 9.17) is 15.2 Å². The molecule has 0 spiro atoms. The van der Waals surface area contributed by atoms with Crippen LogP contribution in [-0.2, 0) is 9.47 Å². The summed E-state index contributed by atoms with van der Waals surface area (Å²) in [6.45, 7) is 4.53. The number of hydrogen-bond acceptors (Lipinski definition) is 6. The summed E-state index contributed by atoms with van der Waals surface area (Å²) in [6, 6.07) is 0. The highest BCUT2D eigenvalue weighted by atomic mass is 16.6. The van der Waals surface area contributed by atoms with E-state index in [1.807, 2.05) is 6.92 Å². The summed E-state index contributed by atoms with van der Waals surface area (Å²) in [5.41, 5.74) is 5.24. The first-order valence-electron chi connectivity index (χ1n) is 4.60. The van der Waals surface area contributed by atoms with E-state index in [0.29, 0.717) is 13.2 Å². The van der Waals surface area contributed by atoms with Crippen LogP contribution in [0.25, 0.3) is 0 Å². The Kier molecular flexibility index (Phi) is 4.04. The van der Waals surface area contributed by atoms with Gasteiger partial charge in [0.05, 0.1) is 6.61 Å². The normalized spacial score (nSPS) is 12.4. The van der Waals surface area contributed by atoms with Crippen molar-refractivity contribution in [1.82, 2.24) is 15.2 Å². The molecule has 1 rings (SSSR count). The van der Waals surface area contributed by atoms with Crippen LogP contribution in [0.2, 0.25) is 0 Å². The molecule has 0 fully saturated rings. The molecule has 1 atom stereocenters. The van der Waals surface area contributed by atoms with E-state index in [9.17, 15) is 4.79 Å². The standard InChI is InChI=1S/C8H14N4O3/c1-3-14-4-5(2)15-7(13)6-10-8(9)12-11-6/h5H,3-4H2,1-2H3,(H3,9,10,11,12). The third kappa shape index (κ3) is 3.55. The maximum Gasteiger partial charge on any atom is 0.376 e. The zero-order chi connectivity index (χ0) is 11.3. The van der Waals surface area contributed by atoms with E-state index < -0.39 is 5.97 Å². The number of hydrogen-bond donors (Lipinski definition) is 2. The number of carbonyl (C=O) groups is 1. The molecule has 7 nitrogen and oxygen atoms in total. The molecular formula is C8H14N4O3. The van der Waals surface area contributed by atoms with Crippen molar-refractivity contribution >= 4 is 11.9 Å². The average molecular weight is 214 g/mol. The van der Waals surface area contributed by atoms with Gasteiger partial charge in [0.15, 0.2) is 0 Å². The Morgan fingerprint density at radius 3 is 2.93 bits per heavy atom. The number of carbonyl (C=O) groups excluding carboxylic acids is 1. The lowest BCUT2D eigenvalue weighted by atomic mass is 10.4. The number of aromatic nitrogens is 3. The number of esters is 1. The van der Waals surface area contributed by atoms with Gasteiger partial charge in [0, 0.05) is 6.61 Å². The zero-order valence-electron chi connectivity index (χ0n) is 8.69. The number of aromatic amines is 1. The summed E-state index contributed by atoms with van der Waals surface area (Å²) in [7, 11) is 0. The van der Waals surface area contributed by atoms with E-state index in [-0.39, 0.29) is 17.9 Å². The molecule has 15 heavy (non-hydrogen) atoms. The summed E-state index contributed by atoms with van der Waals surface area (Å²) in [6.07, 6.45) is -0.330. The number of nitrogens with two attached hydrogens (primary N) is 1. The highest BCUT2D eigenvalue weighted by molar-refractivity contribution is 5.85. The molecule has 1 heterocycles. The molecule has 0 saturated carbocycles. The zero-order valence-corrected chi connectivity index (χ0v) is 8.69. The second kappa shape index (κ2) is 5.30. The van der Waals surface area contributed by atoms with Gasteiger partial charge in [-0.3, -0.25) is 5.10 Å². The topological polar surface area (TPSA) is 103 Å². The molecule has 1 unspecified atom stereocenters. The number of anilines is 1. The van der Waals surface area contributed by atoms with Crippen molar-refractivity contribution in [1.29, 1.82) is 0 Å². The Balaban J connectivity index is 2.42. The highest BCUT2D eigenvalue weighted by Crippen LogP contribution is 2.00. The van der Waals surface area contributed by atoms with Gasteiger partial charge in [0.2, 0.25) is 11.8 Å². The molecule has 0 saturated heterocycles.